The zero-order chi connectivity index (χ0) is 5.11. The Kier molecular flexibility index (Phi) is 4.45. The van der Waals surface area contributed by atoms with Crippen LogP contribution in [0.3, 0.4) is 0 Å². The molecule has 0 saturated carbocycles. The van der Waals surface area contributed by atoms with Crippen molar-refractivity contribution in [2.24, 2.45) is 0 Å². The summed E-state index contributed by atoms with van der Waals surface area (Å²) < 4.78 is 1.13. The second-order valence-corrected chi connectivity index (χ2v) is 2.21. The van der Waals surface area contributed by atoms with Crippen molar-refractivity contribution in [3.8, 4) is 0 Å². The van der Waals surface area contributed by atoms with E-state index in [1.54, 1.807) is 0 Å². The van der Waals surface area contributed by atoms with Gasteiger partial charge in [-0.05, 0) is 12.1 Å². The first-order chi connectivity index (χ1) is 3.39. The third-order valence-electron chi connectivity index (χ3n) is 0.733. The van der Waals surface area contributed by atoms with Gasteiger partial charge in [0.05, 0.1) is 0 Å². The molecule has 0 aliphatic carbocycles. The van der Waals surface area contributed by atoms with Gasteiger partial charge in [0.1, 0.15) is 0 Å². The fraction of sp³-hybridized carbons (Fsp3) is 0. The molecule has 0 spiro atoms. The van der Waals surface area contributed by atoms with Gasteiger partial charge in [-0.15, -0.1) is 0 Å². The monoisotopic (exact) mass is 262 g/mol. The quantitative estimate of drug-likeness (QED) is 0.631. The molecule has 0 atom stereocenters. The largest absolute Gasteiger partial charge is 0.0622 e. The Hall–Kier alpha value is 0.362. The zero-order valence-corrected chi connectivity index (χ0v) is 7.22. The van der Waals surface area contributed by atoms with Gasteiger partial charge in [-0.25, -0.2) is 0 Å². The molecule has 8 heavy (non-hydrogen) atoms. The van der Waals surface area contributed by atoms with Gasteiger partial charge in [0.2, 0.25) is 0 Å². The Labute approximate surface area is 71.1 Å². The maximum absolute atomic E-state index is 3.31. The van der Waals surface area contributed by atoms with Gasteiger partial charge >= 0.3 is 0 Å². The number of hydrogen-bond donors (Lipinski definition) is 0. The second-order valence-electron chi connectivity index (χ2n) is 1.30. The van der Waals surface area contributed by atoms with Crippen LogP contribution in [0.4, 0.5) is 0 Å². The standard InChI is InChI=1S/C6H5Br.Pd/c7-6-4-2-1-3-5-6;/h1-5H;. The molecule has 1 rings (SSSR count). The van der Waals surface area contributed by atoms with Crippen molar-refractivity contribution in [1.29, 1.82) is 0 Å². The number of benzene rings is 1. The Morgan fingerprint density at radius 3 is 1.75 bits per heavy atom. The van der Waals surface area contributed by atoms with Gasteiger partial charge < -0.3 is 0 Å². The maximum atomic E-state index is 3.31. The summed E-state index contributed by atoms with van der Waals surface area (Å²) in [6.45, 7) is 0. The van der Waals surface area contributed by atoms with E-state index < -0.39 is 0 Å². The molecule has 0 unspecified atom stereocenters. The molecule has 0 aliphatic heterocycles. The molecule has 0 nitrogen and oxygen atoms in total. The van der Waals surface area contributed by atoms with Gasteiger partial charge in [0.15, 0.2) is 0 Å². The van der Waals surface area contributed by atoms with Crippen molar-refractivity contribution in [1.82, 2.24) is 0 Å². The molecule has 0 radical (unpaired) electrons. The molecule has 0 bridgehead atoms. The molecule has 0 N–H and O–H groups in total. The van der Waals surface area contributed by atoms with Gasteiger partial charge in [0, 0.05) is 24.9 Å². The average Bonchev–Trinajstić information content (AvgIpc) is 1.69. The first kappa shape index (κ1) is 8.36. The maximum Gasteiger partial charge on any atom is 0.0175 e. The Morgan fingerprint density at radius 1 is 1.00 bits per heavy atom. The summed E-state index contributed by atoms with van der Waals surface area (Å²) in [5, 5.41) is 0. The van der Waals surface area contributed by atoms with E-state index in [2.05, 4.69) is 15.9 Å². The van der Waals surface area contributed by atoms with Crippen LogP contribution in [0.5, 0.6) is 0 Å². The summed E-state index contributed by atoms with van der Waals surface area (Å²) >= 11 is 3.31. The third kappa shape index (κ3) is 2.62. The fourth-order valence-electron chi connectivity index (χ4n) is 0.415. The fourth-order valence-corrected chi connectivity index (χ4v) is 0.720. The SMILES string of the molecule is Brc1ccccc1.[Pd]. The summed E-state index contributed by atoms with van der Waals surface area (Å²) in [5.41, 5.74) is 0. The van der Waals surface area contributed by atoms with Crippen LogP contribution in [0.1, 0.15) is 0 Å². The minimum Gasteiger partial charge on any atom is -0.0622 e. The summed E-state index contributed by atoms with van der Waals surface area (Å²) in [5.74, 6) is 0. The number of rotatable bonds is 0. The van der Waals surface area contributed by atoms with Crippen molar-refractivity contribution in [3.05, 3.63) is 34.8 Å². The van der Waals surface area contributed by atoms with Gasteiger partial charge in [0.25, 0.3) is 0 Å². The van der Waals surface area contributed by atoms with E-state index in [1.165, 1.54) is 0 Å². The molecule has 0 heterocycles. The van der Waals surface area contributed by atoms with Crippen LogP contribution in [0.2, 0.25) is 0 Å². The van der Waals surface area contributed by atoms with Crippen molar-refractivity contribution in [3.63, 3.8) is 0 Å². The van der Waals surface area contributed by atoms with Gasteiger partial charge in [-0.2, -0.15) is 0 Å². The van der Waals surface area contributed by atoms with Crippen LogP contribution in [0.25, 0.3) is 0 Å². The first-order valence-electron chi connectivity index (χ1n) is 2.10. The Morgan fingerprint density at radius 2 is 1.50 bits per heavy atom. The molecule has 0 aliphatic rings. The van der Waals surface area contributed by atoms with Gasteiger partial charge in [-0.3, -0.25) is 0 Å². The molecule has 0 fully saturated rings. The molecule has 1 aromatic rings. The van der Waals surface area contributed by atoms with E-state index in [9.17, 15) is 0 Å². The normalized spacial score (nSPS) is 7.62. The first-order valence-corrected chi connectivity index (χ1v) is 2.89. The smallest absolute Gasteiger partial charge is 0.0175 e. The zero-order valence-electron chi connectivity index (χ0n) is 4.08. The number of halogens is 1. The minimum absolute atomic E-state index is 0. The average molecular weight is 263 g/mol. The van der Waals surface area contributed by atoms with Crippen LogP contribution in [0.15, 0.2) is 34.8 Å². The molecule has 0 amide bonds. The molecule has 1 aromatic carbocycles. The van der Waals surface area contributed by atoms with Gasteiger partial charge in [-0.1, -0.05) is 34.1 Å². The summed E-state index contributed by atoms with van der Waals surface area (Å²) in [7, 11) is 0. The Balaban J connectivity index is 0.000000490. The Bertz CT molecular complexity index is 138. The molecule has 2 heteroatoms. The van der Waals surface area contributed by atoms with E-state index in [1.807, 2.05) is 30.3 Å². The van der Waals surface area contributed by atoms with Crippen molar-refractivity contribution in [2.75, 3.05) is 0 Å². The minimum atomic E-state index is 0. The summed E-state index contributed by atoms with van der Waals surface area (Å²) in [4.78, 5) is 0. The third-order valence-corrected chi connectivity index (χ3v) is 1.26. The van der Waals surface area contributed by atoms with E-state index >= 15 is 0 Å². The molecule has 0 aromatic heterocycles. The molecular formula is C6H5BrPd. The molecule has 0 saturated heterocycles. The van der Waals surface area contributed by atoms with E-state index in [-0.39, 0.29) is 20.4 Å². The van der Waals surface area contributed by atoms with Crippen LogP contribution in [-0.2, 0) is 20.4 Å². The van der Waals surface area contributed by atoms with Crippen LogP contribution in [0, 0.1) is 0 Å². The predicted octanol–water partition coefficient (Wildman–Crippen LogP) is 2.45. The second kappa shape index (κ2) is 4.26. The van der Waals surface area contributed by atoms with Crippen molar-refractivity contribution in [2.45, 2.75) is 0 Å². The van der Waals surface area contributed by atoms with Crippen LogP contribution >= 0.6 is 15.9 Å². The molecule has 46 valence electrons. The predicted molar refractivity (Wildman–Crippen MR) is 34.1 cm³/mol. The summed E-state index contributed by atoms with van der Waals surface area (Å²) in [6.07, 6.45) is 0. The van der Waals surface area contributed by atoms with Crippen LogP contribution < -0.4 is 0 Å². The summed E-state index contributed by atoms with van der Waals surface area (Å²) in [6, 6.07) is 9.97. The van der Waals surface area contributed by atoms with E-state index in [0.717, 1.165) is 4.47 Å². The van der Waals surface area contributed by atoms with Crippen molar-refractivity contribution < 1.29 is 20.4 Å². The van der Waals surface area contributed by atoms with E-state index in [0.29, 0.717) is 0 Å². The van der Waals surface area contributed by atoms with Crippen LogP contribution in [-0.4, -0.2) is 0 Å². The van der Waals surface area contributed by atoms with E-state index in [4.69, 9.17) is 0 Å². The topological polar surface area (TPSA) is 0 Å². The number of hydrogen-bond acceptors (Lipinski definition) is 0. The molecular weight excluding hydrogens is 258 g/mol. The van der Waals surface area contributed by atoms with Crippen molar-refractivity contribution >= 4 is 15.9 Å².